The third-order valence-electron chi connectivity index (χ3n) is 2.90. The van der Waals surface area contributed by atoms with Gasteiger partial charge in [0, 0.05) is 24.8 Å². The number of hydrogen-bond donors (Lipinski definition) is 2. The van der Waals surface area contributed by atoms with Crippen LogP contribution in [0.3, 0.4) is 0 Å². The number of rotatable bonds is 4. The second-order valence-corrected chi connectivity index (χ2v) is 4.10. The minimum atomic E-state index is -0.109. The van der Waals surface area contributed by atoms with Crippen molar-refractivity contribution < 1.29 is 9.84 Å². The number of nitrogens with one attached hydrogen (secondary N) is 1. The first-order valence-electron chi connectivity index (χ1n) is 5.16. The number of hydrogen-bond acceptors (Lipinski definition) is 3. The first-order valence-corrected chi connectivity index (χ1v) is 5.16. The van der Waals surface area contributed by atoms with E-state index in [-0.39, 0.29) is 12.1 Å². The monoisotopic (exact) mass is 187 g/mol. The summed E-state index contributed by atoms with van der Waals surface area (Å²) in [4.78, 5) is 0. The highest BCUT2D eigenvalue weighted by atomic mass is 16.5. The number of aliphatic hydroxyl groups excluding tert-OH is 1. The molecule has 3 heteroatoms. The molecule has 0 bridgehead atoms. The van der Waals surface area contributed by atoms with Gasteiger partial charge in [0.05, 0.1) is 6.61 Å². The van der Waals surface area contributed by atoms with Crippen molar-refractivity contribution in [3.05, 3.63) is 0 Å². The van der Waals surface area contributed by atoms with Gasteiger partial charge in [0.1, 0.15) is 0 Å². The van der Waals surface area contributed by atoms with Crippen molar-refractivity contribution in [3.63, 3.8) is 0 Å². The predicted octanol–water partition coefficient (Wildman–Crippen LogP) is 0.916. The summed E-state index contributed by atoms with van der Waals surface area (Å²) in [6.45, 7) is 6.08. The SMILES string of the molecule is CCC(C)(CO)NC1CCOCC1. The van der Waals surface area contributed by atoms with Gasteiger partial charge in [-0.15, -0.1) is 0 Å². The van der Waals surface area contributed by atoms with E-state index in [1.165, 1.54) is 0 Å². The Morgan fingerprint density at radius 2 is 2.08 bits per heavy atom. The van der Waals surface area contributed by atoms with Gasteiger partial charge in [-0.3, -0.25) is 0 Å². The molecule has 0 radical (unpaired) electrons. The van der Waals surface area contributed by atoms with E-state index in [1.54, 1.807) is 0 Å². The van der Waals surface area contributed by atoms with Gasteiger partial charge >= 0.3 is 0 Å². The molecule has 78 valence electrons. The number of ether oxygens (including phenoxy) is 1. The van der Waals surface area contributed by atoms with Crippen LogP contribution < -0.4 is 5.32 Å². The van der Waals surface area contributed by atoms with Crippen molar-refractivity contribution in [3.8, 4) is 0 Å². The maximum atomic E-state index is 9.22. The third kappa shape index (κ3) is 3.25. The summed E-state index contributed by atoms with van der Waals surface area (Å²) in [5, 5.41) is 12.7. The van der Waals surface area contributed by atoms with Crippen LogP contribution in [0.15, 0.2) is 0 Å². The van der Waals surface area contributed by atoms with E-state index in [2.05, 4.69) is 19.2 Å². The lowest BCUT2D eigenvalue weighted by atomic mass is 9.96. The maximum absolute atomic E-state index is 9.22. The molecule has 0 saturated carbocycles. The lowest BCUT2D eigenvalue weighted by molar-refractivity contribution is 0.0596. The van der Waals surface area contributed by atoms with E-state index in [1.807, 2.05) is 0 Å². The highest BCUT2D eigenvalue weighted by Gasteiger charge is 2.25. The zero-order valence-electron chi connectivity index (χ0n) is 8.68. The zero-order valence-corrected chi connectivity index (χ0v) is 8.68. The molecular formula is C10H21NO2. The van der Waals surface area contributed by atoms with Crippen LogP contribution in [0.4, 0.5) is 0 Å². The molecule has 0 aliphatic carbocycles. The van der Waals surface area contributed by atoms with Crippen molar-refractivity contribution in [2.75, 3.05) is 19.8 Å². The quantitative estimate of drug-likeness (QED) is 0.687. The van der Waals surface area contributed by atoms with Crippen LogP contribution in [0.5, 0.6) is 0 Å². The lowest BCUT2D eigenvalue weighted by Crippen LogP contribution is -2.51. The van der Waals surface area contributed by atoms with Crippen LogP contribution in [0.1, 0.15) is 33.1 Å². The van der Waals surface area contributed by atoms with Crippen LogP contribution in [0.2, 0.25) is 0 Å². The summed E-state index contributed by atoms with van der Waals surface area (Å²) in [5.74, 6) is 0. The van der Waals surface area contributed by atoms with Crippen molar-refractivity contribution in [2.45, 2.75) is 44.7 Å². The van der Waals surface area contributed by atoms with E-state index in [0.29, 0.717) is 6.04 Å². The third-order valence-corrected chi connectivity index (χ3v) is 2.90. The Bertz CT molecular complexity index is 140. The van der Waals surface area contributed by atoms with E-state index in [4.69, 9.17) is 4.74 Å². The Labute approximate surface area is 80.5 Å². The zero-order chi connectivity index (χ0) is 9.73. The van der Waals surface area contributed by atoms with Gasteiger partial charge < -0.3 is 15.2 Å². The molecule has 3 nitrogen and oxygen atoms in total. The molecule has 0 aromatic rings. The van der Waals surface area contributed by atoms with Gasteiger partial charge in [-0.2, -0.15) is 0 Å². The highest BCUT2D eigenvalue weighted by molar-refractivity contribution is 4.85. The molecule has 0 spiro atoms. The van der Waals surface area contributed by atoms with Gasteiger partial charge in [0.2, 0.25) is 0 Å². The standard InChI is InChI=1S/C10H21NO2/c1-3-10(2,8-12)11-9-4-6-13-7-5-9/h9,11-12H,3-8H2,1-2H3. The minimum Gasteiger partial charge on any atom is -0.394 e. The molecule has 1 fully saturated rings. The first-order chi connectivity index (χ1) is 6.20. The molecule has 0 amide bonds. The second-order valence-electron chi connectivity index (χ2n) is 4.10. The van der Waals surface area contributed by atoms with Crippen LogP contribution in [0, 0.1) is 0 Å². The van der Waals surface area contributed by atoms with Crippen molar-refractivity contribution in [1.29, 1.82) is 0 Å². The highest BCUT2D eigenvalue weighted by Crippen LogP contribution is 2.14. The van der Waals surface area contributed by atoms with E-state index in [0.717, 1.165) is 32.5 Å². The molecule has 1 heterocycles. The molecule has 1 saturated heterocycles. The molecule has 1 aliphatic rings. The molecular weight excluding hydrogens is 166 g/mol. The first kappa shape index (κ1) is 11.0. The van der Waals surface area contributed by atoms with Crippen LogP contribution in [-0.4, -0.2) is 36.5 Å². The minimum absolute atomic E-state index is 0.109. The molecule has 1 unspecified atom stereocenters. The molecule has 1 aliphatic heterocycles. The van der Waals surface area contributed by atoms with Gasteiger partial charge in [-0.1, -0.05) is 6.92 Å². The molecule has 1 rings (SSSR count). The summed E-state index contributed by atoms with van der Waals surface area (Å²) in [5.41, 5.74) is -0.109. The summed E-state index contributed by atoms with van der Waals surface area (Å²) >= 11 is 0. The van der Waals surface area contributed by atoms with E-state index < -0.39 is 0 Å². The average molecular weight is 187 g/mol. The van der Waals surface area contributed by atoms with Crippen LogP contribution in [0.25, 0.3) is 0 Å². The van der Waals surface area contributed by atoms with Crippen LogP contribution >= 0.6 is 0 Å². The Kier molecular flexibility index (Phi) is 4.16. The average Bonchev–Trinajstić information content (AvgIpc) is 2.19. The molecule has 13 heavy (non-hydrogen) atoms. The molecule has 0 aromatic carbocycles. The van der Waals surface area contributed by atoms with E-state index >= 15 is 0 Å². The van der Waals surface area contributed by atoms with Gasteiger partial charge in [0.25, 0.3) is 0 Å². The smallest absolute Gasteiger partial charge is 0.0610 e. The maximum Gasteiger partial charge on any atom is 0.0610 e. The Hall–Kier alpha value is -0.120. The predicted molar refractivity (Wildman–Crippen MR) is 52.8 cm³/mol. The molecule has 2 N–H and O–H groups in total. The van der Waals surface area contributed by atoms with Crippen molar-refractivity contribution in [2.24, 2.45) is 0 Å². The summed E-state index contributed by atoms with van der Waals surface area (Å²) in [7, 11) is 0. The largest absolute Gasteiger partial charge is 0.394 e. The van der Waals surface area contributed by atoms with Crippen molar-refractivity contribution in [1.82, 2.24) is 5.32 Å². The number of aliphatic hydroxyl groups is 1. The van der Waals surface area contributed by atoms with Gasteiger partial charge in [0.15, 0.2) is 0 Å². The fraction of sp³-hybridized carbons (Fsp3) is 1.00. The summed E-state index contributed by atoms with van der Waals surface area (Å²) < 4.78 is 5.28. The summed E-state index contributed by atoms with van der Waals surface area (Å²) in [6.07, 6.45) is 3.09. The van der Waals surface area contributed by atoms with Gasteiger partial charge in [-0.25, -0.2) is 0 Å². The second kappa shape index (κ2) is 4.94. The van der Waals surface area contributed by atoms with Crippen molar-refractivity contribution >= 4 is 0 Å². The lowest BCUT2D eigenvalue weighted by Gasteiger charge is -2.34. The normalized spacial score (nSPS) is 24.2. The molecule has 1 atom stereocenters. The fourth-order valence-corrected chi connectivity index (χ4v) is 1.59. The van der Waals surface area contributed by atoms with Crippen LogP contribution in [-0.2, 0) is 4.74 Å². The molecule has 0 aromatic heterocycles. The van der Waals surface area contributed by atoms with E-state index in [9.17, 15) is 5.11 Å². The Morgan fingerprint density at radius 3 is 2.54 bits per heavy atom. The fourth-order valence-electron chi connectivity index (χ4n) is 1.59. The topological polar surface area (TPSA) is 41.5 Å². The Balaban J connectivity index is 2.35. The Morgan fingerprint density at radius 1 is 1.46 bits per heavy atom. The summed E-state index contributed by atoms with van der Waals surface area (Å²) in [6, 6.07) is 0.519. The van der Waals surface area contributed by atoms with Gasteiger partial charge in [-0.05, 0) is 26.2 Å².